The van der Waals surface area contributed by atoms with Crippen molar-refractivity contribution >= 4 is 11.6 Å². The van der Waals surface area contributed by atoms with Gasteiger partial charge in [-0.1, -0.05) is 67.1 Å². The number of aliphatic hydroxyl groups is 1. The monoisotopic (exact) mass is 346 g/mol. The molecule has 3 nitrogen and oxygen atoms in total. The molecule has 0 saturated heterocycles. The number of hydrogen-bond donors (Lipinski definition) is 1. The third-order valence-electron chi connectivity index (χ3n) is 4.09. The highest BCUT2D eigenvalue weighted by atomic mass is 35.5. The van der Waals surface area contributed by atoms with Crippen molar-refractivity contribution in [3.8, 4) is 0 Å². The van der Waals surface area contributed by atoms with E-state index in [-0.39, 0.29) is 6.10 Å². The predicted molar refractivity (Wildman–Crippen MR) is 101 cm³/mol. The van der Waals surface area contributed by atoms with Gasteiger partial charge >= 0.3 is 0 Å². The molecule has 0 spiro atoms. The fraction of sp³-hybridized carbons (Fsp3) is 0.400. The molecule has 0 fully saturated rings. The van der Waals surface area contributed by atoms with E-state index in [1.165, 1.54) is 5.56 Å². The number of aliphatic hydroxyl groups excluding tert-OH is 1. The summed E-state index contributed by atoms with van der Waals surface area (Å²) in [7, 11) is 2.04. The van der Waals surface area contributed by atoms with Gasteiger partial charge in [0, 0.05) is 31.2 Å². The molecule has 0 aliphatic carbocycles. The molecule has 2 aromatic rings. The Morgan fingerprint density at radius 3 is 2.29 bits per heavy atom. The maximum Gasteiger partial charge on any atom is 0.0793 e. The van der Waals surface area contributed by atoms with Crippen LogP contribution < -0.4 is 0 Å². The van der Waals surface area contributed by atoms with Crippen LogP contribution in [0.4, 0.5) is 0 Å². The van der Waals surface area contributed by atoms with Crippen LogP contribution in [0, 0.1) is 0 Å². The Hall–Kier alpha value is -1.39. The molecule has 2 rings (SSSR count). The van der Waals surface area contributed by atoms with Crippen LogP contribution >= 0.6 is 11.6 Å². The van der Waals surface area contributed by atoms with Crippen LogP contribution in [0.2, 0.25) is 5.02 Å². The van der Waals surface area contributed by atoms with E-state index in [1.54, 1.807) is 0 Å². The molecular weight excluding hydrogens is 320 g/mol. The summed E-state index contributed by atoms with van der Waals surface area (Å²) in [5, 5.41) is 11.2. The maximum atomic E-state index is 10.4. The first-order chi connectivity index (χ1) is 11.6. The van der Waals surface area contributed by atoms with Gasteiger partial charge < -0.3 is 5.11 Å². The van der Waals surface area contributed by atoms with Crippen LogP contribution in [0.1, 0.15) is 18.1 Å². The van der Waals surface area contributed by atoms with Gasteiger partial charge in [-0.2, -0.15) is 0 Å². The number of hydrogen-bond acceptors (Lipinski definition) is 3. The smallest absolute Gasteiger partial charge is 0.0793 e. The lowest BCUT2D eigenvalue weighted by Crippen LogP contribution is -2.38. The average Bonchev–Trinajstić information content (AvgIpc) is 2.56. The van der Waals surface area contributed by atoms with Crippen molar-refractivity contribution in [2.24, 2.45) is 0 Å². The van der Waals surface area contributed by atoms with Gasteiger partial charge in [0.15, 0.2) is 0 Å². The molecule has 0 aliphatic heterocycles. The van der Waals surface area contributed by atoms with Crippen molar-refractivity contribution in [2.45, 2.75) is 26.1 Å². The second kappa shape index (κ2) is 9.80. The summed E-state index contributed by atoms with van der Waals surface area (Å²) < 4.78 is 0. The van der Waals surface area contributed by atoms with Gasteiger partial charge in [-0.25, -0.2) is 0 Å². The van der Waals surface area contributed by atoms with Crippen LogP contribution in [0.15, 0.2) is 54.6 Å². The summed E-state index contributed by atoms with van der Waals surface area (Å²) in [5.74, 6) is 0. The second-order valence-corrected chi connectivity index (χ2v) is 6.66. The Bertz CT molecular complexity index is 606. The summed E-state index contributed by atoms with van der Waals surface area (Å²) in [5.41, 5.74) is 2.36. The fourth-order valence-corrected chi connectivity index (χ4v) is 3.04. The van der Waals surface area contributed by atoms with Crippen molar-refractivity contribution in [1.29, 1.82) is 0 Å². The van der Waals surface area contributed by atoms with Gasteiger partial charge in [0.25, 0.3) is 0 Å². The molecule has 1 atom stereocenters. The first-order valence-electron chi connectivity index (χ1n) is 8.44. The first kappa shape index (κ1) is 18.9. The number of halogens is 1. The molecule has 0 bridgehead atoms. The molecule has 0 heterocycles. The van der Waals surface area contributed by atoms with E-state index in [0.29, 0.717) is 13.1 Å². The van der Waals surface area contributed by atoms with Crippen LogP contribution in [-0.2, 0) is 13.1 Å². The summed E-state index contributed by atoms with van der Waals surface area (Å²) in [6, 6.07) is 18.2. The molecular formula is C20H27ClN2O. The Kier molecular flexibility index (Phi) is 7.73. The summed E-state index contributed by atoms with van der Waals surface area (Å²) in [6.45, 7) is 5.88. The Morgan fingerprint density at radius 1 is 0.958 bits per heavy atom. The van der Waals surface area contributed by atoms with E-state index >= 15 is 0 Å². The third kappa shape index (κ3) is 6.25. The van der Waals surface area contributed by atoms with Gasteiger partial charge in [-0.3, -0.25) is 9.80 Å². The van der Waals surface area contributed by atoms with Crippen molar-refractivity contribution in [2.75, 3.05) is 26.7 Å². The van der Waals surface area contributed by atoms with Gasteiger partial charge in [-0.15, -0.1) is 0 Å². The zero-order valence-corrected chi connectivity index (χ0v) is 15.3. The molecule has 2 aromatic carbocycles. The highest BCUT2D eigenvalue weighted by molar-refractivity contribution is 6.31. The fourth-order valence-electron chi connectivity index (χ4n) is 2.85. The minimum atomic E-state index is -0.388. The van der Waals surface area contributed by atoms with Gasteiger partial charge in [0.2, 0.25) is 0 Å². The normalized spacial score (nSPS) is 12.8. The van der Waals surface area contributed by atoms with Crippen molar-refractivity contribution < 1.29 is 5.11 Å². The lowest BCUT2D eigenvalue weighted by molar-refractivity contribution is 0.0791. The summed E-state index contributed by atoms with van der Waals surface area (Å²) in [6.07, 6.45) is -0.388. The highest BCUT2D eigenvalue weighted by Gasteiger charge is 2.14. The lowest BCUT2D eigenvalue weighted by atomic mass is 10.2. The molecule has 0 radical (unpaired) electrons. The Labute approximate surface area is 150 Å². The zero-order valence-electron chi connectivity index (χ0n) is 14.5. The number of rotatable bonds is 9. The second-order valence-electron chi connectivity index (χ2n) is 6.26. The van der Waals surface area contributed by atoms with Crippen LogP contribution in [0.3, 0.4) is 0 Å². The molecule has 0 aromatic heterocycles. The largest absolute Gasteiger partial charge is 0.390 e. The van der Waals surface area contributed by atoms with Gasteiger partial charge in [0.1, 0.15) is 0 Å². The molecule has 1 N–H and O–H groups in total. The first-order valence-corrected chi connectivity index (χ1v) is 8.82. The molecule has 130 valence electrons. The number of likely N-dealkylation sites (N-methyl/N-ethyl adjacent to an activating group) is 2. The van der Waals surface area contributed by atoms with E-state index in [4.69, 9.17) is 11.6 Å². The molecule has 4 heteroatoms. The molecule has 1 unspecified atom stereocenters. The molecule has 0 saturated carbocycles. The van der Waals surface area contributed by atoms with E-state index in [1.807, 2.05) is 49.5 Å². The Balaban J connectivity index is 1.83. The average molecular weight is 347 g/mol. The molecule has 0 aliphatic rings. The summed E-state index contributed by atoms with van der Waals surface area (Å²) >= 11 is 6.24. The standard InChI is InChI=1S/C20H27ClN2O/c1-3-23(14-18-11-7-8-12-20(18)21)16-19(24)15-22(2)13-17-9-5-4-6-10-17/h4-12,19,24H,3,13-16H2,1-2H3. The SMILES string of the molecule is CCN(Cc1ccccc1Cl)CC(O)CN(C)Cc1ccccc1. The Morgan fingerprint density at radius 2 is 1.62 bits per heavy atom. The minimum absolute atomic E-state index is 0.388. The van der Waals surface area contributed by atoms with Crippen LogP contribution in [0.25, 0.3) is 0 Å². The quantitative estimate of drug-likeness (QED) is 0.750. The van der Waals surface area contributed by atoms with E-state index in [9.17, 15) is 5.11 Å². The third-order valence-corrected chi connectivity index (χ3v) is 4.45. The van der Waals surface area contributed by atoms with E-state index in [2.05, 4.69) is 28.9 Å². The molecule has 24 heavy (non-hydrogen) atoms. The zero-order chi connectivity index (χ0) is 17.4. The van der Waals surface area contributed by atoms with Crippen molar-refractivity contribution in [3.05, 3.63) is 70.7 Å². The van der Waals surface area contributed by atoms with Gasteiger partial charge in [-0.05, 0) is 30.8 Å². The lowest BCUT2D eigenvalue weighted by Gasteiger charge is -2.27. The predicted octanol–water partition coefficient (Wildman–Crippen LogP) is 3.65. The van der Waals surface area contributed by atoms with Crippen LogP contribution in [-0.4, -0.2) is 47.7 Å². The number of nitrogens with zero attached hydrogens (tertiary/aromatic N) is 2. The number of benzene rings is 2. The minimum Gasteiger partial charge on any atom is -0.390 e. The molecule has 0 amide bonds. The summed E-state index contributed by atoms with van der Waals surface area (Å²) in [4.78, 5) is 4.38. The van der Waals surface area contributed by atoms with Gasteiger partial charge in [0.05, 0.1) is 6.10 Å². The topological polar surface area (TPSA) is 26.7 Å². The van der Waals surface area contributed by atoms with Crippen molar-refractivity contribution in [1.82, 2.24) is 9.80 Å². The highest BCUT2D eigenvalue weighted by Crippen LogP contribution is 2.17. The maximum absolute atomic E-state index is 10.4. The van der Waals surface area contributed by atoms with E-state index < -0.39 is 0 Å². The van der Waals surface area contributed by atoms with Crippen LogP contribution in [0.5, 0.6) is 0 Å². The van der Waals surface area contributed by atoms with E-state index in [0.717, 1.165) is 30.2 Å². The van der Waals surface area contributed by atoms with Crippen molar-refractivity contribution in [3.63, 3.8) is 0 Å².